The number of benzene rings is 1. The summed E-state index contributed by atoms with van der Waals surface area (Å²) in [5.41, 5.74) is 1.86. The second kappa shape index (κ2) is 7.74. The standard InChI is InChI=1S/C20H26N4OS/c1-15-7-5-6-10-17(15)19(25)23-11-13-24(14-12-23)20-22-21-18(26-20)16-8-3-2-4-9-16/h5-7,10,16H,2-4,8-9,11-14H2,1H3. The first-order chi connectivity index (χ1) is 12.7. The van der Waals surface area contributed by atoms with E-state index in [-0.39, 0.29) is 5.91 Å². The van der Waals surface area contributed by atoms with Gasteiger partial charge in [0.2, 0.25) is 5.13 Å². The Morgan fingerprint density at radius 3 is 2.50 bits per heavy atom. The topological polar surface area (TPSA) is 49.3 Å². The smallest absolute Gasteiger partial charge is 0.254 e. The highest BCUT2D eigenvalue weighted by atomic mass is 32.1. The molecule has 2 fully saturated rings. The summed E-state index contributed by atoms with van der Waals surface area (Å²) >= 11 is 1.75. The molecule has 2 heterocycles. The average Bonchev–Trinajstić information content (AvgIpc) is 3.19. The van der Waals surface area contributed by atoms with E-state index >= 15 is 0 Å². The van der Waals surface area contributed by atoms with Crippen molar-refractivity contribution in [3.63, 3.8) is 0 Å². The van der Waals surface area contributed by atoms with Crippen molar-refractivity contribution in [2.45, 2.75) is 44.9 Å². The van der Waals surface area contributed by atoms with Gasteiger partial charge in [0, 0.05) is 37.7 Å². The fourth-order valence-electron chi connectivity index (χ4n) is 3.95. The van der Waals surface area contributed by atoms with Crippen molar-refractivity contribution in [2.24, 2.45) is 0 Å². The van der Waals surface area contributed by atoms with Crippen LogP contribution in [0.15, 0.2) is 24.3 Å². The highest BCUT2D eigenvalue weighted by molar-refractivity contribution is 7.15. The molecule has 1 aliphatic heterocycles. The Hall–Kier alpha value is -1.95. The summed E-state index contributed by atoms with van der Waals surface area (Å²) in [6.45, 7) is 5.14. The van der Waals surface area contributed by atoms with E-state index in [1.54, 1.807) is 11.3 Å². The predicted octanol–water partition coefficient (Wildman–Crippen LogP) is 3.86. The zero-order valence-electron chi connectivity index (χ0n) is 15.4. The number of piperazine rings is 1. The highest BCUT2D eigenvalue weighted by Crippen LogP contribution is 2.36. The zero-order valence-corrected chi connectivity index (χ0v) is 16.2. The first-order valence-electron chi connectivity index (χ1n) is 9.65. The minimum absolute atomic E-state index is 0.142. The summed E-state index contributed by atoms with van der Waals surface area (Å²) in [7, 11) is 0. The minimum Gasteiger partial charge on any atom is -0.343 e. The number of hydrogen-bond donors (Lipinski definition) is 0. The van der Waals surface area contributed by atoms with E-state index in [0.29, 0.717) is 5.92 Å². The summed E-state index contributed by atoms with van der Waals surface area (Å²) in [6.07, 6.45) is 6.51. The number of anilines is 1. The van der Waals surface area contributed by atoms with Crippen LogP contribution < -0.4 is 4.90 Å². The molecule has 1 amide bonds. The summed E-state index contributed by atoms with van der Waals surface area (Å²) in [4.78, 5) is 17.0. The third-order valence-electron chi connectivity index (χ3n) is 5.60. The van der Waals surface area contributed by atoms with Crippen LogP contribution in [-0.4, -0.2) is 47.2 Å². The summed E-state index contributed by atoms with van der Waals surface area (Å²) in [6, 6.07) is 7.83. The second-order valence-corrected chi connectivity index (χ2v) is 8.34. The van der Waals surface area contributed by atoms with Crippen molar-refractivity contribution in [2.75, 3.05) is 31.1 Å². The summed E-state index contributed by atoms with van der Waals surface area (Å²) < 4.78 is 0. The molecule has 1 aliphatic carbocycles. The maximum absolute atomic E-state index is 12.8. The average molecular weight is 371 g/mol. The number of amides is 1. The Morgan fingerprint density at radius 1 is 1.04 bits per heavy atom. The number of carbonyl (C=O) groups excluding carboxylic acids is 1. The van der Waals surface area contributed by atoms with Crippen molar-refractivity contribution >= 4 is 22.4 Å². The van der Waals surface area contributed by atoms with Crippen molar-refractivity contribution in [1.29, 1.82) is 0 Å². The lowest BCUT2D eigenvalue weighted by atomic mass is 9.90. The normalized spacial score (nSPS) is 19.0. The summed E-state index contributed by atoms with van der Waals surface area (Å²) in [5, 5.41) is 11.2. The Morgan fingerprint density at radius 2 is 1.77 bits per heavy atom. The van der Waals surface area contributed by atoms with Gasteiger partial charge in [-0.3, -0.25) is 4.79 Å². The maximum Gasteiger partial charge on any atom is 0.254 e. The van der Waals surface area contributed by atoms with Crippen LogP contribution in [0.3, 0.4) is 0 Å². The molecule has 4 rings (SSSR count). The molecule has 6 heteroatoms. The second-order valence-electron chi connectivity index (χ2n) is 7.35. The van der Waals surface area contributed by atoms with Crippen LogP contribution in [0.4, 0.5) is 5.13 Å². The Labute approximate surface area is 159 Å². The highest BCUT2D eigenvalue weighted by Gasteiger charge is 2.26. The number of aromatic nitrogens is 2. The number of carbonyl (C=O) groups is 1. The van der Waals surface area contributed by atoms with Gasteiger partial charge in [-0.05, 0) is 31.4 Å². The van der Waals surface area contributed by atoms with E-state index in [4.69, 9.17) is 0 Å². The molecule has 1 aromatic heterocycles. The molecule has 0 radical (unpaired) electrons. The molecular weight excluding hydrogens is 344 g/mol. The van der Waals surface area contributed by atoms with E-state index in [1.165, 1.54) is 37.1 Å². The quantitative estimate of drug-likeness (QED) is 0.823. The molecule has 1 saturated heterocycles. The predicted molar refractivity (Wildman–Crippen MR) is 105 cm³/mol. The van der Waals surface area contributed by atoms with Gasteiger partial charge in [-0.25, -0.2) is 0 Å². The molecule has 0 N–H and O–H groups in total. The Kier molecular flexibility index (Phi) is 5.20. The lowest BCUT2D eigenvalue weighted by Gasteiger charge is -2.34. The molecule has 0 spiro atoms. The van der Waals surface area contributed by atoms with Crippen LogP contribution in [0.25, 0.3) is 0 Å². The van der Waals surface area contributed by atoms with E-state index in [9.17, 15) is 4.79 Å². The third kappa shape index (κ3) is 3.61. The monoisotopic (exact) mass is 370 g/mol. The van der Waals surface area contributed by atoms with Crippen LogP contribution in [0, 0.1) is 6.92 Å². The van der Waals surface area contributed by atoms with Crippen LogP contribution >= 0.6 is 11.3 Å². The van der Waals surface area contributed by atoms with Crippen molar-refractivity contribution in [3.05, 3.63) is 40.4 Å². The largest absolute Gasteiger partial charge is 0.343 e. The zero-order chi connectivity index (χ0) is 17.9. The minimum atomic E-state index is 0.142. The lowest BCUT2D eigenvalue weighted by Crippen LogP contribution is -2.48. The molecule has 2 aliphatic rings. The van der Waals surface area contributed by atoms with Gasteiger partial charge in [-0.2, -0.15) is 0 Å². The van der Waals surface area contributed by atoms with Gasteiger partial charge in [0.25, 0.3) is 5.91 Å². The SMILES string of the molecule is Cc1ccccc1C(=O)N1CCN(c2nnc(C3CCCCC3)s2)CC1. The van der Waals surface area contributed by atoms with Gasteiger partial charge < -0.3 is 9.80 Å². The molecule has 138 valence electrons. The number of hydrogen-bond acceptors (Lipinski definition) is 5. The molecular formula is C20H26N4OS. The van der Waals surface area contributed by atoms with Crippen LogP contribution in [0.5, 0.6) is 0 Å². The van der Waals surface area contributed by atoms with E-state index in [0.717, 1.165) is 42.4 Å². The van der Waals surface area contributed by atoms with Gasteiger partial charge in [0.1, 0.15) is 5.01 Å². The van der Waals surface area contributed by atoms with Crippen LogP contribution in [0.1, 0.15) is 59.0 Å². The molecule has 2 aromatic rings. The Balaban J connectivity index is 1.37. The molecule has 26 heavy (non-hydrogen) atoms. The van der Waals surface area contributed by atoms with Gasteiger partial charge in [-0.1, -0.05) is 48.8 Å². The molecule has 0 bridgehead atoms. The lowest BCUT2D eigenvalue weighted by molar-refractivity contribution is 0.0746. The van der Waals surface area contributed by atoms with Gasteiger partial charge in [0.15, 0.2) is 0 Å². The van der Waals surface area contributed by atoms with Crippen molar-refractivity contribution in [1.82, 2.24) is 15.1 Å². The molecule has 0 unspecified atom stereocenters. The van der Waals surface area contributed by atoms with Crippen molar-refractivity contribution < 1.29 is 4.79 Å². The molecule has 5 nitrogen and oxygen atoms in total. The van der Waals surface area contributed by atoms with Gasteiger partial charge in [-0.15, -0.1) is 10.2 Å². The van der Waals surface area contributed by atoms with Crippen LogP contribution in [0.2, 0.25) is 0 Å². The molecule has 1 aromatic carbocycles. The first-order valence-corrected chi connectivity index (χ1v) is 10.5. The fourth-order valence-corrected chi connectivity index (χ4v) is 5.02. The third-order valence-corrected chi connectivity index (χ3v) is 6.74. The Bertz CT molecular complexity index is 761. The first kappa shape index (κ1) is 17.5. The number of aryl methyl sites for hydroxylation is 1. The van der Waals surface area contributed by atoms with Gasteiger partial charge in [0.05, 0.1) is 0 Å². The maximum atomic E-state index is 12.8. The number of rotatable bonds is 3. The van der Waals surface area contributed by atoms with E-state index < -0.39 is 0 Å². The van der Waals surface area contributed by atoms with Crippen molar-refractivity contribution in [3.8, 4) is 0 Å². The van der Waals surface area contributed by atoms with E-state index in [2.05, 4.69) is 15.1 Å². The molecule has 1 saturated carbocycles. The van der Waals surface area contributed by atoms with E-state index in [1.807, 2.05) is 36.1 Å². The molecule has 0 atom stereocenters. The number of nitrogens with zero attached hydrogens (tertiary/aromatic N) is 4. The summed E-state index contributed by atoms with van der Waals surface area (Å²) in [5.74, 6) is 0.752. The van der Waals surface area contributed by atoms with Crippen LogP contribution in [-0.2, 0) is 0 Å². The van der Waals surface area contributed by atoms with Gasteiger partial charge >= 0.3 is 0 Å². The fraction of sp³-hybridized carbons (Fsp3) is 0.550.